The molecule has 0 amide bonds. The lowest BCUT2D eigenvalue weighted by atomic mass is 9.90. The number of halogens is 3. The summed E-state index contributed by atoms with van der Waals surface area (Å²) in [6.07, 6.45) is -2.59. The molecule has 6 heteroatoms. The summed E-state index contributed by atoms with van der Waals surface area (Å²) in [7, 11) is 0. The average molecular weight is 295 g/mol. The van der Waals surface area contributed by atoms with E-state index in [-0.39, 0.29) is 0 Å². The first-order valence-corrected chi connectivity index (χ1v) is 5.11. The van der Waals surface area contributed by atoms with Crippen molar-refractivity contribution in [2.45, 2.75) is 18.7 Å². The lowest BCUT2D eigenvalue weighted by Crippen LogP contribution is -2.39. The van der Waals surface area contributed by atoms with Crippen LogP contribution in [0.3, 0.4) is 0 Å². The fraction of sp³-hybridized carbons (Fsp3) is 0.300. The Morgan fingerprint density at radius 1 is 1.56 bits per heavy atom. The molecule has 0 aliphatic rings. The number of hydrogen-bond acceptors (Lipinski definition) is 2. The molecule has 0 spiro atoms. The number of aliphatic hydroxyl groups is 1. The minimum absolute atomic E-state index is 0.398. The van der Waals surface area contributed by atoms with Crippen molar-refractivity contribution in [2.24, 2.45) is 0 Å². The molecule has 3 nitrogen and oxygen atoms in total. The Bertz CT molecular complexity index is 421. The van der Waals surface area contributed by atoms with Crippen LogP contribution in [-0.4, -0.2) is 22.4 Å². The number of carboxylic acids is 1. The first-order valence-electron chi connectivity index (χ1n) is 4.31. The van der Waals surface area contributed by atoms with Crippen molar-refractivity contribution >= 4 is 21.9 Å². The molecule has 0 saturated carbocycles. The Labute approximate surface area is 98.8 Å². The van der Waals surface area contributed by atoms with Crippen molar-refractivity contribution in [2.75, 3.05) is 0 Å². The maximum Gasteiger partial charge on any atom is 0.341 e. The van der Waals surface area contributed by atoms with Gasteiger partial charge in [-0.2, -0.15) is 0 Å². The monoisotopic (exact) mass is 294 g/mol. The number of carboxylic acid groups (broad SMARTS) is 1. The molecule has 0 aromatic heterocycles. The Hall–Kier alpha value is -1.01. The van der Waals surface area contributed by atoms with E-state index in [0.29, 0.717) is 4.47 Å². The van der Waals surface area contributed by atoms with E-state index >= 15 is 0 Å². The molecule has 0 radical (unpaired) electrons. The summed E-state index contributed by atoms with van der Waals surface area (Å²) in [5.74, 6) is -2.71. The highest BCUT2D eigenvalue weighted by atomic mass is 79.9. The zero-order valence-corrected chi connectivity index (χ0v) is 9.83. The predicted octanol–water partition coefficient (Wildman–Crippen LogP) is 2.22. The van der Waals surface area contributed by atoms with Gasteiger partial charge >= 0.3 is 5.97 Å². The molecule has 2 unspecified atom stereocenters. The lowest BCUT2D eigenvalue weighted by Gasteiger charge is -2.25. The van der Waals surface area contributed by atoms with Gasteiger partial charge in [0.2, 0.25) is 6.17 Å². The van der Waals surface area contributed by atoms with Crippen LogP contribution in [0.5, 0.6) is 0 Å². The quantitative estimate of drug-likeness (QED) is 0.899. The van der Waals surface area contributed by atoms with Gasteiger partial charge < -0.3 is 10.2 Å². The fourth-order valence-electron chi connectivity index (χ4n) is 1.28. The number of hydrogen-bond donors (Lipinski definition) is 2. The second kappa shape index (κ2) is 4.47. The van der Waals surface area contributed by atoms with Gasteiger partial charge in [0.1, 0.15) is 11.4 Å². The van der Waals surface area contributed by atoms with Gasteiger partial charge in [-0.15, -0.1) is 0 Å². The smallest absolute Gasteiger partial charge is 0.341 e. The summed E-state index contributed by atoms with van der Waals surface area (Å²) in [6.45, 7) is 0.915. The summed E-state index contributed by atoms with van der Waals surface area (Å²) in [5.41, 5.74) is -2.80. The van der Waals surface area contributed by atoms with Gasteiger partial charge in [0.15, 0.2) is 0 Å². The van der Waals surface area contributed by atoms with Gasteiger partial charge in [-0.25, -0.2) is 13.6 Å². The summed E-state index contributed by atoms with van der Waals surface area (Å²) in [6, 6.07) is 3.55. The standard InChI is InChI=1S/C10H9BrF2O3/c1-10(16,8(13)9(14)15)6-3-2-5(11)4-7(6)12/h2-4,8,16H,1H3,(H,14,15). The fourth-order valence-corrected chi connectivity index (χ4v) is 1.61. The lowest BCUT2D eigenvalue weighted by molar-refractivity contribution is -0.154. The predicted molar refractivity (Wildman–Crippen MR) is 56.2 cm³/mol. The van der Waals surface area contributed by atoms with Crippen molar-refractivity contribution in [3.63, 3.8) is 0 Å². The largest absolute Gasteiger partial charge is 0.479 e. The van der Waals surface area contributed by atoms with E-state index in [4.69, 9.17) is 5.11 Å². The number of benzene rings is 1. The molecule has 0 saturated heterocycles. The van der Waals surface area contributed by atoms with Crippen LogP contribution in [0, 0.1) is 5.82 Å². The van der Waals surface area contributed by atoms with Crippen LogP contribution < -0.4 is 0 Å². The third kappa shape index (κ3) is 2.38. The summed E-state index contributed by atoms with van der Waals surface area (Å²) in [5, 5.41) is 18.1. The highest BCUT2D eigenvalue weighted by Crippen LogP contribution is 2.30. The minimum atomic E-state index is -2.59. The number of aliphatic carboxylic acids is 1. The topological polar surface area (TPSA) is 57.5 Å². The highest BCUT2D eigenvalue weighted by Gasteiger charge is 2.41. The van der Waals surface area contributed by atoms with Crippen molar-refractivity contribution in [3.05, 3.63) is 34.1 Å². The summed E-state index contributed by atoms with van der Waals surface area (Å²) >= 11 is 3.00. The van der Waals surface area contributed by atoms with Gasteiger partial charge in [0.25, 0.3) is 0 Å². The zero-order valence-electron chi connectivity index (χ0n) is 8.25. The number of rotatable bonds is 3. The van der Waals surface area contributed by atoms with Gasteiger partial charge in [0.05, 0.1) is 0 Å². The van der Waals surface area contributed by atoms with Gasteiger partial charge in [-0.3, -0.25) is 0 Å². The Morgan fingerprint density at radius 3 is 2.56 bits per heavy atom. The van der Waals surface area contributed by atoms with Gasteiger partial charge in [-0.1, -0.05) is 22.0 Å². The molecule has 16 heavy (non-hydrogen) atoms. The zero-order chi connectivity index (χ0) is 12.5. The molecule has 1 rings (SSSR count). The van der Waals surface area contributed by atoms with Crippen LogP contribution in [-0.2, 0) is 10.4 Å². The van der Waals surface area contributed by atoms with Crippen LogP contribution >= 0.6 is 15.9 Å². The molecule has 1 aromatic carbocycles. The van der Waals surface area contributed by atoms with E-state index in [2.05, 4.69) is 15.9 Å². The maximum absolute atomic E-state index is 13.4. The van der Waals surface area contributed by atoms with E-state index in [0.717, 1.165) is 19.1 Å². The van der Waals surface area contributed by atoms with Crippen molar-refractivity contribution in [1.29, 1.82) is 0 Å². The van der Waals surface area contributed by atoms with E-state index in [9.17, 15) is 18.7 Å². The van der Waals surface area contributed by atoms with Crippen LogP contribution in [0.2, 0.25) is 0 Å². The summed E-state index contributed by atoms with van der Waals surface area (Å²) < 4.78 is 27.1. The summed E-state index contributed by atoms with van der Waals surface area (Å²) in [4.78, 5) is 10.4. The van der Waals surface area contributed by atoms with Gasteiger partial charge in [-0.05, 0) is 19.1 Å². The number of alkyl halides is 1. The molecular formula is C10H9BrF2O3. The molecule has 88 valence electrons. The second-order valence-corrected chi connectivity index (χ2v) is 4.39. The Morgan fingerprint density at radius 2 is 2.12 bits per heavy atom. The van der Waals surface area contributed by atoms with Crippen LogP contribution in [0.25, 0.3) is 0 Å². The van der Waals surface area contributed by atoms with Crippen molar-refractivity contribution in [1.82, 2.24) is 0 Å². The van der Waals surface area contributed by atoms with E-state index in [1.165, 1.54) is 6.07 Å². The van der Waals surface area contributed by atoms with E-state index < -0.39 is 29.1 Å². The Balaban J connectivity index is 3.21. The molecule has 2 atom stereocenters. The molecule has 0 bridgehead atoms. The van der Waals surface area contributed by atoms with Crippen molar-refractivity contribution in [3.8, 4) is 0 Å². The third-order valence-corrected chi connectivity index (χ3v) is 2.68. The van der Waals surface area contributed by atoms with E-state index in [1.807, 2.05) is 0 Å². The SMILES string of the molecule is CC(O)(c1ccc(Br)cc1F)C(F)C(=O)O. The molecule has 0 aliphatic carbocycles. The Kier molecular flexibility index (Phi) is 3.64. The van der Waals surface area contributed by atoms with Crippen LogP contribution in [0.4, 0.5) is 8.78 Å². The number of carbonyl (C=O) groups is 1. The first-order chi connectivity index (χ1) is 7.26. The van der Waals surface area contributed by atoms with Crippen LogP contribution in [0.15, 0.2) is 22.7 Å². The minimum Gasteiger partial charge on any atom is -0.479 e. The highest BCUT2D eigenvalue weighted by molar-refractivity contribution is 9.10. The molecule has 1 aromatic rings. The first kappa shape index (κ1) is 13.1. The molecule has 0 aliphatic heterocycles. The molecule has 0 fully saturated rings. The van der Waals surface area contributed by atoms with Gasteiger partial charge in [0, 0.05) is 10.0 Å². The van der Waals surface area contributed by atoms with Crippen molar-refractivity contribution < 1.29 is 23.8 Å². The molecule has 0 heterocycles. The second-order valence-electron chi connectivity index (χ2n) is 3.47. The normalized spacial score (nSPS) is 16.6. The third-order valence-electron chi connectivity index (χ3n) is 2.19. The maximum atomic E-state index is 13.4. The van der Waals surface area contributed by atoms with Crippen LogP contribution in [0.1, 0.15) is 12.5 Å². The van der Waals surface area contributed by atoms with E-state index in [1.54, 1.807) is 0 Å². The molecular weight excluding hydrogens is 286 g/mol. The molecule has 2 N–H and O–H groups in total. The average Bonchev–Trinajstić information content (AvgIpc) is 2.15.